The van der Waals surface area contributed by atoms with Gasteiger partial charge < -0.3 is 15.8 Å². The first-order chi connectivity index (χ1) is 9.58. The molecule has 1 atom stereocenters. The van der Waals surface area contributed by atoms with E-state index in [0.29, 0.717) is 22.4 Å². The van der Waals surface area contributed by atoms with Crippen LogP contribution >= 0.6 is 23.7 Å². The van der Waals surface area contributed by atoms with Crippen LogP contribution in [0.2, 0.25) is 0 Å². The van der Waals surface area contributed by atoms with Crippen LogP contribution < -0.4 is 11.1 Å². The minimum absolute atomic E-state index is 0. The van der Waals surface area contributed by atoms with Crippen LogP contribution in [0.25, 0.3) is 10.1 Å². The normalized spacial score (nSPS) is 12.0. The van der Waals surface area contributed by atoms with Gasteiger partial charge in [-0.3, -0.25) is 4.79 Å². The second-order valence-corrected chi connectivity index (χ2v) is 5.62. The Balaban J connectivity index is 0.00000220. The highest BCUT2D eigenvalue weighted by Gasteiger charge is 2.21. The molecule has 0 bridgehead atoms. The summed E-state index contributed by atoms with van der Waals surface area (Å²) in [6.07, 6.45) is 0. The van der Waals surface area contributed by atoms with Gasteiger partial charge in [0.1, 0.15) is 5.82 Å². The molecule has 0 saturated heterocycles. The van der Waals surface area contributed by atoms with Crippen molar-refractivity contribution in [1.29, 1.82) is 0 Å². The number of thiophene rings is 1. The smallest absolute Gasteiger partial charge is 0.262 e. The summed E-state index contributed by atoms with van der Waals surface area (Å²) in [6, 6.07) is 4.69. The molecule has 0 aliphatic rings. The van der Waals surface area contributed by atoms with Gasteiger partial charge in [0.05, 0.1) is 11.5 Å². The van der Waals surface area contributed by atoms with Crippen LogP contribution in [0, 0.1) is 5.82 Å². The number of nitrogens with two attached hydrogens (primary N) is 1. The zero-order chi connectivity index (χ0) is 14.7. The summed E-state index contributed by atoms with van der Waals surface area (Å²) in [6.45, 7) is 2.37. The van der Waals surface area contributed by atoms with Gasteiger partial charge in [-0.1, -0.05) is 6.07 Å². The van der Waals surface area contributed by atoms with E-state index >= 15 is 0 Å². The Kier molecular flexibility index (Phi) is 6.54. The first-order valence-electron chi connectivity index (χ1n) is 6.28. The molecular formula is C14H18ClFN2O2S. The Morgan fingerprint density at radius 3 is 2.86 bits per heavy atom. The number of methoxy groups -OCH3 is 1. The monoisotopic (exact) mass is 332 g/mol. The number of nitrogens with one attached hydrogen (secondary N) is 1. The number of ether oxygens (including phenoxy) is 1. The Hall–Kier alpha value is -1.21. The summed E-state index contributed by atoms with van der Waals surface area (Å²) in [4.78, 5) is 12.7. The molecule has 0 unspecified atom stereocenters. The van der Waals surface area contributed by atoms with Crippen molar-refractivity contribution in [2.45, 2.75) is 19.6 Å². The first-order valence-corrected chi connectivity index (χ1v) is 7.09. The minimum Gasteiger partial charge on any atom is -0.380 e. The molecule has 0 aliphatic heterocycles. The van der Waals surface area contributed by atoms with E-state index in [4.69, 9.17) is 10.5 Å². The van der Waals surface area contributed by atoms with E-state index in [-0.39, 0.29) is 36.8 Å². The van der Waals surface area contributed by atoms with Gasteiger partial charge in [0.2, 0.25) is 0 Å². The van der Waals surface area contributed by atoms with Crippen LogP contribution in [0.5, 0.6) is 0 Å². The van der Waals surface area contributed by atoms with Gasteiger partial charge in [-0.25, -0.2) is 4.39 Å². The molecule has 0 radical (unpaired) electrons. The van der Waals surface area contributed by atoms with Crippen molar-refractivity contribution in [2.24, 2.45) is 5.73 Å². The summed E-state index contributed by atoms with van der Waals surface area (Å²) < 4.78 is 19.8. The topological polar surface area (TPSA) is 64.3 Å². The van der Waals surface area contributed by atoms with Crippen LogP contribution in [0.15, 0.2) is 18.2 Å². The fourth-order valence-corrected chi connectivity index (χ4v) is 3.11. The molecule has 1 heterocycles. The number of benzene rings is 1. The van der Waals surface area contributed by atoms with Crippen molar-refractivity contribution < 1.29 is 13.9 Å². The number of amides is 1. The fraction of sp³-hybridized carbons (Fsp3) is 0.357. The lowest BCUT2D eigenvalue weighted by atomic mass is 10.1. The van der Waals surface area contributed by atoms with E-state index in [1.807, 2.05) is 6.92 Å². The van der Waals surface area contributed by atoms with E-state index in [1.165, 1.54) is 24.5 Å². The predicted molar refractivity (Wildman–Crippen MR) is 85.7 cm³/mol. The van der Waals surface area contributed by atoms with Crippen LogP contribution in [-0.2, 0) is 11.3 Å². The Labute approximate surface area is 132 Å². The average molecular weight is 333 g/mol. The quantitative estimate of drug-likeness (QED) is 0.884. The Bertz CT molecular complexity index is 633. The third-order valence-corrected chi connectivity index (χ3v) is 4.19. The van der Waals surface area contributed by atoms with Crippen LogP contribution in [0.1, 0.15) is 22.2 Å². The van der Waals surface area contributed by atoms with Gasteiger partial charge in [0, 0.05) is 35.3 Å². The second kappa shape index (κ2) is 7.70. The standard InChI is InChI=1S/C14H17FN2O2S.ClH/c1-8(6-16)17-14(18)13-9(7-19-2)12-10(15)4-3-5-11(12)20-13;/h3-5,8H,6-7,16H2,1-2H3,(H,17,18);1H/t8-;/m0./s1. The number of fused-ring (bicyclic) bond motifs is 1. The lowest BCUT2D eigenvalue weighted by molar-refractivity contribution is 0.0941. The van der Waals surface area contributed by atoms with Crippen molar-refractivity contribution in [3.63, 3.8) is 0 Å². The molecule has 0 spiro atoms. The Morgan fingerprint density at radius 1 is 1.52 bits per heavy atom. The zero-order valence-corrected chi connectivity index (χ0v) is 13.4. The van der Waals surface area contributed by atoms with Crippen molar-refractivity contribution in [3.05, 3.63) is 34.5 Å². The predicted octanol–water partition coefficient (Wildman–Crippen LogP) is 2.69. The summed E-state index contributed by atoms with van der Waals surface area (Å²) in [5.41, 5.74) is 6.09. The molecule has 1 aromatic carbocycles. The molecular weight excluding hydrogens is 315 g/mol. The number of hydrogen-bond acceptors (Lipinski definition) is 4. The first kappa shape index (κ1) is 17.8. The van der Waals surface area contributed by atoms with E-state index < -0.39 is 0 Å². The average Bonchev–Trinajstić information content (AvgIpc) is 2.79. The number of carbonyl (C=O) groups excluding carboxylic acids is 1. The van der Waals surface area contributed by atoms with Crippen LogP contribution in [0.4, 0.5) is 4.39 Å². The highest BCUT2D eigenvalue weighted by molar-refractivity contribution is 7.21. The molecule has 0 fully saturated rings. The van der Waals surface area contributed by atoms with Gasteiger partial charge in [-0.05, 0) is 19.1 Å². The van der Waals surface area contributed by atoms with Crippen molar-refractivity contribution in [3.8, 4) is 0 Å². The summed E-state index contributed by atoms with van der Waals surface area (Å²) in [7, 11) is 1.52. The van der Waals surface area contributed by atoms with Gasteiger partial charge in [0.25, 0.3) is 5.91 Å². The van der Waals surface area contributed by atoms with Crippen LogP contribution in [-0.4, -0.2) is 25.6 Å². The lowest BCUT2D eigenvalue weighted by Gasteiger charge is -2.11. The maximum atomic E-state index is 14.0. The van der Waals surface area contributed by atoms with Gasteiger partial charge in [-0.15, -0.1) is 23.7 Å². The molecule has 21 heavy (non-hydrogen) atoms. The molecule has 1 amide bonds. The summed E-state index contributed by atoms with van der Waals surface area (Å²) in [5, 5.41) is 3.26. The highest BCUT2D eigenvalue weighted by atomic mass is 35.5. The second-order valence-electron chi connectivity index (χ2n) is 4.57. The summed E-state index contributed by atoms with van der Waals surface area (Å²) >= 11 is 1.27. The van der Waals surface area contributed by atoms with Crippen molar-refractivity contribution in [1.82, 2.24) is 5.32 Å². The maximum Gasteiger partial charge on any atom is 0.262 e. The highest BCUT2D eigenvalue weighted by Crippen LogP contribution is 2.33. The number of carbonyl (C=O) groups is 1. The molecule has 4 nitrogen and oxygen atoms in total. The van der Waals surface area contributed by atoms with Gasteiger partial charge in [-0.2, -0.15) is 0 Å². The molecule has 7 heteroatoms. The number of rotatable bonds is 5. The molecule has 0 saturated carbocycles. The molecule has 2 rings (SSSR count). The summed E-state index contributed by atoms with van der Waals surface area (Å²) in [5.74, 6) is -0.577. The molecule has 2 aromatic rings. The van der Waals surface area contributed by atoms with Crippen molar-refractivity contribution >= 4 is 39.7 Å². The van der Waals surface area contributed by atoms with Crippen molar-refractivity contribution in [2.75, 3.05) is 13.7 Å². The fourth-order valence-electron chi connectivity index (χ4n) is 1.98. The SMILES string of the molecule is COCc1c(C(=O)N[C@@H](C)CN)sc2cccc(F)c12.Cl. The largest absolute Gasteiger partial charge is 0.380 e. The maximum absolute atomic E-state index is 14.0. The lowest BCUT2D eigenvalue weighted by Crippen LogP contribution is -2.37. The molecule has 116 valence electrons. The zero-order valence-electron chi connectivity index (χ0n) is 11.8. The third-order valence-electron chi connectivity index (χ3n) is 2.99. The van der Waals surface area contributed by atoms with Crippen LogP contribution in [0.3, 0.4) is 0 Å². The number of halogens is 2. The third kappa shape index (κ3) is 3.71. The van der Waals surface area contributed by atoms with E-state index in [2.05, 4.69) is 5.32 Å². The van der Waals surface area contributed by atoms with E-state index in [1.54, 1.807) is 12.1 Å². The number of hydrogen-bond donors (Lipinski definition) is 2. The minimum atomic E-state index is -0.336. The Morgan fingerprint density at radius 2 is 2.24 bits per heavy atom. The molecule has 0 aliphatic carbocycles. The molecule has 1 aromatic heterocycles. The van der Waals surface area contributed by atoms with Gasteiger partial charge >= 0.3 is 0 Å². The molecule has 3 N–H and O–H groups in total. The van der Waals surface area contributed by atoms with E-state index in [9.17, 15) is 9.18 Å². The van der Waals surface area contributed by atoms with E-state index in [0.717, 1.165) is 4.70 Å². The van der Waals surface area contributed by atoms with Gasteiger partial charge in [0.15, 0.2) is 0 Å².